The summed E-state index contributed by atoms with van der Waals surface area (Å²) in [5.41, 5.74) is -0.620. The first-order chi connectivity index (χ1) is 11.5. The van der Waals surface area contributed by atoms with E-state index in [0.29, 0.717) is 0 Å². The third kappa shape index (κ3) is 11.0. The molecule has 0 heterocycles. The smallest absolute Gasteiger partial charge is 0.315 e. The summed E-state index contributed by atoms with van der Waals surface area (Å²) in [6, 6.07) is -2.22. The molecule has 2 atom stereocenters. The van der Waals surface area contributed by atoms with Gasteiger partial charge in [0.2, 0.25) is 0 Å². The number of Topliss-reactive ketones (excluding diaryl/α,β-unsaturated/α-hetero) is 2. The summed E-state index contributed by atoms with van der Waals surface area (Å²) in [7, 11) is 0. The molecule has 0 aliphatic rings. The highest BCUT2D eigenvalue weighted by molar-refractivity contribution is 7.80. The summed E-state index contributed by atoms with van der Waals surface area (Å²) in [5.74, 6) is -0.991. The van der Waals surface area contributed by atoms with Crippen LogP contribution in [0.1, 0.15) is 40.5 Å². The Bertz CT molecular complexity index is 496. The maximum Gasteiger partial charge on any atom is 0.315 e. The number of thiol groups is 1. The largest absolute Gasteiger partial charge is 0.460 e. The van der Waals surface area contributed by atoms with Crippen molar-refractivity contribution in [3.05, 3.63) is 0 Å². The van der Waals surface area contributed by atoms with Gasteiger partial charge in [0, 0.05) is 18.7 Å². The summed E-state index contributed by atoms with van der Waals surface area (Å²) in [5, 5.41) is 4.88. The van der Waals surface area contributed by atoms with Crippen molar-refractivity contribution in [2.75, 3.05) is 12.3 Å². The molecule has 8 nitrogen and oxygen atoms in total. The van der Waals surface area contributed by atoms with E-state index in [1.54, 1.807) is 20.8 Å². The minimum Gasteiger partial charge on any atom is -0.460 e. The maximum absolute atomic E-state index is 12.1. The molecule has 0 aliphatic carbocycles. The fraction of sp³-hybridized carbons (Fsp3) is 0.733. The Kier molecular flexibility index (Phi) is 10.7. The first-order valence-electron chi connectivity index (χ1n) is 7.76. The van der Waals surface area contributed by atoms with E-state index in [1.165, 1.54) is 6.92 Å². The van der Waals surface area contributed by atoms with Crippen molar-refractivity contribution >= 4 is 48.0 Å². The number of carbonyl (C=O) groups excluding carboxylic acids is 4. The summed E-state index contributed by atoms with van der Waals surface area (Å²) in [6.07, 6.45) is -0.147. The topological polar surface area (TPSA) is 114 Å². The molecule has 10 heteroatoms. The van der Waals surface area contributed by atoms with Gasteiger partial charge in [0.05, 0.1) is 18.5 Å². The van der Waals surface area contributed by atoms with Crippen molar-refractivity contribution in [1.82, 2.24) is 15.5 Å². The van der Waals surface area contributed by atoms with Crippen LogP contribution in [0.15, 0.2) is 0 Å². The van der Waals surface area contributed by atoms with Crippen LogP contribution in [0.4, 0.5) is 4.79 Å². The molecule has 0 aromatic rings. The van der Waals surface area contributed by atoms with E-state index in [4.69, 9.17) is 16.5 Å². The molecule has 0 aliphatic heterocycles. The molecule has 0 radical (unpaired) electrons. The zero-order chi connectivity index (χ0) is 19.6. The Morgan fingerprint density at radius 2 is 1.72 bits per heavy atom. The van der Waals surface area contributed by atoms with E-state index >= 15 is 0 Å². The molecule has 0 saturated carbocycles. The van der Waals surface area contributed by atoms with E-state index in [9.17, 15) is 19.2 Å². The van der Waals surface area contributed by atoms with Crippen molar-refractivity contribution in [3.63, 3.8) is 0 Å². The van der Waals surface area contributed by atoms with Crippen LogP contribution in [-0.4, -0.2) is 53.5 Å². The lowest BCUT2D eigenvalue weighted by Crippen LogP contribution is -2.50. The van der Waals surface area contributed by atoms with E-state index < -0.39 is 29.7 Å². The lowest BCUT2D eigenvalue weighted by Gasteiger charge is -2.20. The van der Waals surface area contributed by atoms with Crippen LogP contribution in [0.5, 0.6) is 0 Å². The van der Waals surface area contributed by atoms with Gasteiger partial charge in [-0.25, -0.2) is 9.63 Å². The maximum atomic E-state index is 12.1. The Morgan fingerprint density at radius 1 is 1.12 bits per heavy atom. The van der Waals surface area contributed by atoms with E-state index in [1.807, 2.05) is 0 Å². The molecule has 0 saturated heterocycles. The number of esters is 1. The van der Waals surface area contributed by atoms with Gasteiger partial charge in [-0.1, -0.05) is 0 Å². The number of ether oxygens (including phenoxy) is 1. The minimum absolute atomic E-state index is 0.0317. The van der Waals surface area contributed by atoms with E-state index in [0.717, 1.165) is 0 Å². The molecule has 0 fully saturated rings. The SMILES string of the molecule is CC(=O)[C@H](CNC(=O)N[C@@H](CS)C(=O)CCC(=O)OC(C)(C)C)NCl. The standard InChI is InChI=1S/C15H26ClN3O5S/c1-9(20)10(19-16)7-17-14(23)18-11(8-25)12(21)5-6-13(22)24-15(2,3)4/h10-11,19,25H,5-8H2,1-4H3,(H2,17,18,23)/t10-,11-/m0/s1. The Labute approximate surface area is 158 Å². The highest BCUT2D eigenvalue weighted by Crippen LogP contribution is 2.10. The van der Waals surface area contributed by atoms with Crippen molar-refractivity contribution < 1.29 is 23.9 Å². The second-order valence-corrected chi connectivity index (χ2v) is 7.00. The number of halogens is 1. The second-order valence-electron chi connectivity index (χ2n) is 6.41. The Hall–Kier alpha value is -1.32. The molecule has 0 rings (SSSR count). The summed E-state index contributed by atoms with van der Waals surface area (Å²) < 4.78 is 5.12. The molecule has 0 unspecified atom stereocenters. The number of hydrogen-bond acceptors (Lipinski definition) is 7. The van der Waals surface area contributed by atoms with Crippen LogP contribution in [0.25, 0.3) is 0 Å². The highest BCUT2D eigenvalue weighted by atomic mass is 35.5. The summed E-state index contributed by atoms with van der Waals surface area (Å²) in [4.78, 5) is 49.0. The third-order valence-corrected chi connectivity index (χ3v) is 3.59. The van der Waals surface area contributed by atoms with Gasteiger partial charge in [-0.15, -0.1) is 0 Å². The Morgan fingerprint density at radius 3 is 2.16 bits per heavy atom. The number of urea groups is 1. The lowest BCUT2D eigenvalue weighted by molar-refractivity contribution is -0.155. The van der Waals surface area contributed by atoms with E-state index in [-0.39, 0.29) is 36.7 Å². The molecular weight excluding hydrogens is 370 g/mol. The second kappa shape index (κ2) is 11.3. The normalized spacial score (nSPS) is 13.5. The molecule has 3 N–H and O–H groups in total. The van der Waals surface area contributed by atoms with Gasteiger partial charge in [-0.2, -0.15) is 12.6 Å². The van der Waals surface area contributed by atoms with Crippen LogP contribution in [0.3, 0.4) is 0 Å². The number of rotatable bonds is 10. The van der Waals surface area contributed by atoms with Crippen molar-refractivity contribution in [2.24, 2.45) is 0 Å². The van der Waals surface area contributed by atoms with Gasteiger partial charge in [0.1, 0.15) is 11.4 Å². The summed E-state index contributed by atoms with van der Waals surface area (Å²) >= 11 is 9.43. The number of ketones is 2. The molecule has 0 bridgehead atoms. The van der Waals surface area contributed by atoms with Gasteiger partial charge in [-0.05, 0) is 39.5 Å². The van der Waals surface area contributed by atoms with Crippen molar-refractivity contribution in [2.45, 2.75) is 58.2 Å². The average Bonchev–Trinajstić information content (AvgIpc) is 2.48. The predicted molar refractivity (Wildman–Crippen MR) is 97.7 cm³/mol. The highest BCUT2D eigenvalue weighted by Gasteiger charge is 2.23. The minimum atomic E-state index is -0.856. The van der Waals surface area contributed by atoms with Crippen LogP contribution in [0, 0.1) is 0 Å². The first kappa shape index (κ1) is 23.7. The zero-order valence-electron chi connectivity index (χ0n) is 14.8. The van der Waals surface area contributed by atoms with Crippen molar-refractivity contribution in [1.29, 1.82) is 0 Å². The Balaban J connectivity index is 4.38. The first-order valence-corrected chi connectivity index (χ1v) is 8.77. The zero-order valence-corrected chi connectivity index (χ0v) is 16.5. The fourth-order valence-electron chi connectivity index (χ4n) is 1.68. The number of hydrogen-bond donors (Lipinski definition) is 4. The van der Waals surface area contributed by atoms with E-state index in [2.05, 4.69) is 28.1 Å². The molecular formula is C15H26ClN3O5S. The average molecular weight is 396 g/mol. The monoisotopic (exact) mass is 395 g/mol. The molecule has 25 heavy (non-hydrogen) atoms. The lowest BCUT2D eigenvalue weighted by atomic mass is 10.1. The summed E-state index contributed by atoms with van der Waals surface area (Å²) in [6.45, 7) is 6.50. The molecule has 0 aromatic carbocycles. The van der Waals surface area contributed by atoms with Crippen LogP contribution in [0.2, 0.25) is 0 Å². The third-order valence-electron chi connectivity index (χ3n) is 2.96. The van der Waals surface area contributed by atoms with Gasteiger partial charge < -0.3 is 15.4 Å². The number of carbonyl (C=O) groups is 4. The van der Waals surface area contributed by atoms with Crippen LogP contribution >= 0.6 is 24.4 Å². The van der Waals surface area contributed by atoms with Gasteiger partial charge >= 0.3 is 12.0 Å². The van der Waals surface area contributed by atoms with Gasteiger partial charge in [0.15, 0.2) is 5.78 Å². The molecule has 2 amide bonds. The number of nitrogens with one attached hydrogen (secondary N) is 3. The molecule has 0 aromatic heterocycles. The quantitative estimate of drug-likeness (QED) is 0.249. The van der Waals surface area contributed by atoms with Gasteiger partial charge in [0.25, 0.3) is 0 Å². The van der Waals surface area contributed by atoms with Gasteiger partial charge in [-0.3, -0.25) is 14.4 Å². The van der Waals surface area contributed by atoms with Crippen LogP contribution in [-0.2, 0) is 19.1 Å². The molecule has 0 spiro atoms. The van der Waals surface area contributed by atoms with Crippen molar-refractivity contribution in [3.8, 4) is 0 Å². The predicted octanol–water partition coefficient (Wildman–Crippen LogP) is 0.976. The number of amides is 2. The molecule has 144 valence electrons. The fourth-order valence-corrected chi connectivity index (χ4v) is 2.21. The van der Waals surface area contributed by atoms with Crippen LogP contribution < -0.4 is 15.5 Å².